The molecular formula is C15H13BrN4O. The molecule has 0 fully saturated rings. The number of fused-ring (bicyclic) bond motifs is 1. The van der Waals surface area contributed by atoms with E-state index in [1.54, 1.807) is 16.8 Å². The average molecular weight is 345 g/mol. The van der Waals surface area contributed by atoms with Crippen LogP contribution in [0.25, 0.3) is 5.65 Å². The van der Waals surface area contributed by atoms with Crippen molar-refractivity contribution in [3.05, 3.63) is 64.0 Å². The summed E-state index contributed by atoms with van der Waals surface area (Å²) in [5.74, 6) is -0.115. The molecule has 2 aromatic heterocycles. The minimum Gasteiger partial charge on any atom is -0.345 e. The first-order valence-corrected chi connectivity index (χ1v) is 7.27. The molecule has 0 radical (unpaired) electrons. The number of pyridine rings is 1. The molecule has 5 nitrogen and oxygen atoms in total. The molecule has 1 amide bonds. The van der Waals surface area contributed by atoms with Crippen LogP contribution in [0.4, 0.5) is 0 Å². The summed E-state index contributed by atoms with van der Waals surface area (Å²) >= 11 is 3.36. The van der Waals surface area contributed by atoms with E-state index in [-0.39, 0.29) is 11.7 Å². The third-order valence-corrected chi connectivity index (χ3v) is 3.54. The predicted octanol–water partition coefficient (Wildman–Crippen LogP) is 2.73. The molecule has 1 N–H and O–H groups in total. The molecule has 0 atom stereocenters. The first-order valence-electron chi connectivity index (χ1n) is 6.47. The third-order valence-electron chi connectivity index (χ3n) is 3.07. The van der Waals surface area contributed by atoms with E-state index in [1.165, 1.54) is 5.56 Å². The SMILES string of the molecule is Cc1ccc(CNC(=O)c2nc3ccc(Br)cn3n2)cc1. The fourth-order valence-electron chi connectivity index (χ4n) is 1.92. The summed E-state index contributed by atoms with van der Waals surface area (Å²) in [5, 5.41) is 6.98. The molecule has 0 aliphatic carbocycles. The Morgan fingerprint density at radius 3 is 2.76 bits per heavy atom. The second-order valence-electron chi connectivity index (χ2n) is 4.75. The molecule has 6 heteroatoms. The topological polar surface area (TPSA) is 59.3 Å². The molecule has 21 heavy (non-hydrogen) atoms. The van der Waals surface area contributed by atoms with Crippen LogP contribution in [-0.4, -0.2) is 20.5 Å². The molecule has 106 valence electrons. The highest BCUT2D eigenvalue weighted by atomic mass is 79.9. The van der Waals surface area contributed by atoms with Crippen molar-refractivity contribution < 1.29 is 4.79 Å². The summed E-state index contributed by atoms with van der Waals surface area (Å²) in [6, 6.07) is 11.7. The molecule has 0 saturated heterocycles. The number of hydrogen-bond donors (Lipinski definition) is 1. The Morgan fingerprint density at radius 1 is 1.24 bits per heavy atom. The molecular weight excluding hydrogens is 332 g/mol. The lowest BCUT2D eigenvalue weighted by Gasteiger charge is -2.03. The van der Waals surface area contributed by atoms with Crippen molar-refractivity contribution in [2.45, 2.75) is 13.5 Å². The highest BCUT2D eigenvalue weighted by Gasteiger charge is 2.12. The van der Waals surface area contributed by atoms with E-state index in [4.69, 9.17) is 0 Å². The standard InChI is InChI=1S/C15H13BrN4O/c1-10-2-4-11(5-3-10)8-17-15(21)14-18-13-7-6-12(16)9-20(13)19-14/h2-7,9H,8H2,1H3,(H,17,21). The Morgan fingerprint density at radius 2 is 2.00 bits per heavy atom. The van der Waals surface area contributed by atoms with Crippen molar-refractivity contribution in [1.82, 2.24) is 19.9 Å². The van der Waals surface area contributed by atoms with Gasteiger partial charge in [0.25, 0.3) is 5.91 Å². The van der Waals surface area contributed by atoms with Gasteiger partial charge in [-0.3, -0.25) is 4.79 Å². The summed E-state index contributed by atoms with van der Waals surface area (Å²) in [6.45, 7) is 2.49. The molecule has 2 heterocycles. The number of aromatic nitrogens is 3. The van der Waals surface area contributed by atoms with Crippen LogP contribution < -0.4 is 5.32 Å². The van der Waals surface area contributed by atoms with Gasteiger partial charge in [0.2, 0.25) is 5.82 Å². The number of amides is 1. The van der Waals surface area contributed by atoms with E-state index in [1.807, 2.05) is 37.3 Å². The summed E-state index contributed by atoms with van der Waals surface area (Å²) in [6.07, 6.45) is 1.76. The summed E-state index contributed by atoms with van der Waals surface area (Å²) in [5.41, 5.74) is 2.87. The Balaban J connectivity index is 1.73. The normalized spacial score (nSPS) is 10.8. The summed E-state index contributed by atoms with van der Waals surface area (Å²) in [7, 11) is 0. The molecule has 3 rings (SSSR count). The monoisotopic (exact) mass is 344 g/mol. The number of rotatable bonds is 3. The van der Waals surface area contributed by atoms with Crippen LogP contribution in [-0.2, 0) is 6.54 Å². The zero-order valence-corrected chi connectivity index (χ0v) is 13.0. The van der Waals surface area contributed by atoms with Crippen LogP contribution in [0, 0.1) is 6.92 Å². The second-order valence-corrected chi connectivity index (χ2v) is 5.67. The Labute approximate surface area is 130 Å². The van der Waals surface area contributed by atoms with Crippen LogP contribution in [0.15, 0.2) is 47.1 Å². The Kier molecular flexibility index (Phi) is 3.70. The van der Waals surface area contributed by atoms with Gasteiger partial charge >= 0.3 is 0 Å². The average Bonchev–Trinajstić information content (AvgIpc) is 2.89. The Bertz CT molecular complexity index is 795. The van der Waals surface area contributed by atoms with Crippen LogP contribution >= 0.6 is 15.9 Å². The molecule has 0 saturated carbocycles. The minimum atomic E-state index is -0.282. The smallest absolute Gasteiger partial charge is 0.291 e. The van der Waals surface area contributed by atoms with Gasteiger partial charge in [-0.15, -0.1) is 5.10 Å². The Hall–Kier alpha value is -2.21. The van der Waals surface area contributed by atoms with Gasteiger partial charge in [-0.1, -0.05) is 29.8 Å². The van der Waals surface area contributed by atoms with Crippen molar-refractivity contribution in [2.75, 3.05) is 0 Å². The molecule has 0 aliphatic rings. The largest absolute Gasteiger partial charge is 0.345 e. The molecule has 0 aliphatic heterocycles. The van der Waals surface area contributed by atoms with Gasteiger partial charge in [0.05, 0.1) is 0 Å². The first-order chi connectivity index (χ1) is 10.1. The number of aryl methyl sites for hydroxylation is 1. The highest BCUT2D eigenvalue weighted by Crippen LogP contribution is 2.10. The van der Waals surface area contributed by atoms with E-state index in [2.05, 4.69) is 31.3 Å². The van der Waals surface area contributed by atoms with Gasteiger partial charge in [-0.2, -0.15) is 0 Å². The van der Waals surface area contributed by atoms with E-state index in [9.17, 15) is 4.79 Å². The number of carbonyl (C=O) groups excluding carboxylic acids is 1. The molecule has 3 aromatic rings. The van der Waals surface area contributed by atoms with E-state index in [0.29, 0.717) is 12.2 Å². The maximum absolute atomic E-state index is 12.1. The quantitative estimate of drug-likeness (QED) is 0.794. The van der Waals surface area contributed by atoms with Gasteiger partial charge in [0, 0.05) is 17.2 Å². The lowest BCUT2D eigenvalue weighted by molar-refractivity contribution is 0.0941. The molecule has 0 bridgehead atoms. The van der Waals surface area contributed by atoms with Gasteiger partial charge < -0.3 is 5.32 Å². The van der Waals surface area contributed by atoms with Crippen molar-refractivity contribution in [3.8, 4) is 0 Å². The maximum Gasteiger partial charge on any atom is 0.291 e. The van der Waals surface area contributed by atoms with Crippen molar-refractivity contribution >= 4 is 27.5 Å². The number of carbonyl (C=O) groups is 1. The fourth-order valence-corrected chi connectivity index (χ4v) is 2.25. The van der Waals surface area contributed by atoms with Crippen molar-refractivity contribution in [1.29, 1.82) is 0 Å². The van der Waals surface area contributed by atoms with Gasteiger partial charge in [-0.25, -0.2) is 9.50 Å². The predicted molar refractivity (Wildman–Crippen MR) is 83.0 cm³/mol. The number of halogens is 1. The highest BCUT2D eigenvalue weighted by molar-refractivity contribution is 9.10. The number of nitrogens with zero attached hydrogens (tertiary/aromatic N) is 3. The van der Waals surface area contributed by atoms with Crippen LogP contribution in [0.1, 0.15) is 21.7 Å². The van der Waals surface area contributed by atoms with Gasteiger partial charge in [0.15, 0.2) is 5.65 Å². The first kappa shape index (κ1) is 13.8. The summed E-state index contributed by atoms with van der Waals surface area (Å²) < 4.78 is 2.46. The van der Waals surface area contributed by atoms with Crippen LogP contribution in [0.3, 0.4) is 0 Å². The molecule has 0 spiro atoms. The molecule has 0 unspecified atom stereocenters. The second kappa shape index (κ2) is 5.65. The number of hydrogen-bond acceptors (Lipinski definition) is 3. The zero-order valence-electron chi connectivity index (χ0n) is 11.4. The van der Waals surface area contributed by atoms with Crippen LogP contribution in [0.5, 0.6) is 0 Å². The summed E-state index contributed by atoms with van der Waals surface area (Å²) in [4.78, 5) is 16.3. The number of nitrogens with one attached hydrogen (secondary N) is 1. The lowest BCUT2D eigenvalue weighted by Crippen LogP contribution is -2.24. The number of benzene rings is 1. The maximum atomic E-state index is 12.1. The van der Waals surface area contributed by atoms with E-state index < -0.39 is 0 Å². The fraction of sp³-hybridized carbons (Fsp3) is 0.133. The van der Waals surface area contributed by atoms with E-state index >= 15 is 0 Å². The zero-order chi connectivity index (χ0) is 14.8. The van der Waals surface area contributed by atoms with Crippen LogP contribution in [0.2, 0.25) is 0 Å². The minimum absolute atomic E-state index is 0.167. The molecule has 1 aromatic carbocycles. The van der Waals surface area contributed by atoms with Crippen molar-refractivity contribution in [3.63, 3.8) is 0 Å². The van der Waals surface area contributed by atoms with Gasteiger partial charge in [-0.05, 0) is 40.5 Å². The van der Waals surface area contributed by atoms with Gasteiger partial charge in [0.1, 0.15) is 0 Å². The van der Waals surface area contributed by atoms with Crippen molar-refractivity contribution in [2.24, 2.45) is 0 Å². The third kappa shape index (κ3) is 3.11. The van der Waals surface area contributed by atoms with E-state index in [0.717, 1.165) is 10.0 Å². The lowest BCUT2D eigenvalue weighted by atomic mass is 10.1.